The number of unbranched alkanes of at least 4 members (excludes halogenated alkanes) is 2. The van der Waals surface area contributed by atoms with Crippen LogP contribution >= 0.6 is 0 Å². The SMILES string of the molecule is O=C(O)CCCCCN1CC2(CCOCC2)C1. The molecule has 2 heterocycles. The molecule has 0 aliphatic carbocycles. The molecule has 0 atom stereocenters. The van der Waals surface area contributed by atoms with E-state index in [9.17, 15) is 4.79 Å². The minimum Gasteiger partial charge on any atom is -0.481 e. The van der Waals surface area contributed by atoms with Crippen LogP contribution in [0.25, 0.3) is 0 Å². The molecule has 2 aliphatic heterocycles. The Morgan fingerprint density at radius 3 is 2.53 bits per heavy atom. The van der Waals surface area contributed by atoms with Gasteiger partial charge >= 0.3 is 5.97 Å². The van der Waals surface area contributed by atoms with E-state index in [1.807, 2.05) is 0 Å². The fraction of sp³-hybridized carbons (Fsp3) is 0.923. The van der Waals surface area contributed by atoms with Crippen molar-refractivity contribution < 1.29 is 14.6 Å². The summed E-state index contributed by atoms with van der Waals surface area (Å²) >= 11 is 0. The molecule has 2 rings (SSSR count). The number of rotatable bonds is 6. The van der Waals surface area contributed by atoms with Gasteiger partial charge in [0.25, 0.3) is 0 Å². The molecular formula is C13H23NO3. The van der Waals surface area contributed by atoms with E-state index in [4.69, 9.17) is 9.84 Å². The fourth-order valence-corrected chi connectivity index (χ4v) is 2.97. The van der Waals surface area contributed by atoms with E-state index in [1.165, 1.54) is 25.9 Å². The Kier molecular flexibility index (Phi) is 4.40. The zero-order valence-corrected chi connectivity index (χ0v) is 10.5. The summed E-state index contributed by atoms with van der Waals surface area (Å²) in [6.45, 7) is 5.48. The Balaban J connectivity index is 1.50. The quantitative estimate of drug-likeness (QED) is 0.720. The van der Waals surface area contributed by atoms with E-state index >= 15 is 0 Å². The molecule has 0 radical (unpaired) electrons. The third-order valence-electron chi connectivity index (χ3n) is 4.04. The molecule has 1 spiro atoms. The maximum atomic E-state index is 10.3. The van der Waals surface area contributed by atoms with Crippen molar-refractivity contribution in [3.8, 4) is 0 Å². The van der Waals surface area contributed by atoms with Crippen molar-refractivity contribution in [2.24, 2.45) is 5.41 Å². The summed E-state index contributed by atoms with van der Waals surface area (Å²) in [4.78, 5) is 12.8. The van der Waals surface area contributed by atoms with Gasteiger partial charge in [-0.2, -0.15) is 0 Å². The lowest BCUT2D eigenvalue weighted by Crippen LogP contribution is -2.58. The second kappa shape index (κ2) is 5.83. The lowest BCUT2D eigenvalue weighted by atomic mass is 9.73. The molecule has 0 amide bonds. The van der Waals surface area contributed by atoms with E-state index in [2.05, 4.69) is 4.90 Å². The number of carboxylic acids is 1. The Labute approximate surface area is 103 Å². The van der Waals surface area contributed by atoms with Crippen molar-refractivity contribution in [3.63, 3.8) is 0 Å². The summed E-state index contributed by atoms with van der Waals surface area (Å²) in [7, 11) is 0. The average Bonchev–Trinajstić information content (AvgIpc) is 2.27. The molecular weight excluding hydrogens is 218 g/mol. The first-order valence-corrected chi connectivity index (χ1v) is 6.72. The molecule has 0 bridgehead atoms. The minimum atomic E-state index is -0.671. The molecule has 0 aromatic heterocycles. The molecule has 4 heteroatoms. The molecule has 2 saturated heterocycles. The van der Waals surface area contributed by atoms with Crippen LogP contribution in [0.5, 0.6) is 0 Å². The van der Waals surface area contributed by atoms with Gasteiger partial charge in [-0.05, 0) is 32.2 Å². The Bertz CT molecular complexity index is 253. The Hall–Kier alpha value is -0.610. The molecule has 17 heavy (non-hydrogen) atoms. The smallest absolute Gasteiger partial charge is 0.303 e. The molecule has 1 N–H and O–H groups in total. The average molecular weight is 241 g/mol. The van der Waals surface area contributed by atoms with Crippen molar-refractivity contribution in [1.82, 2.24) is 4.90 Å². The zero-order chi connectivity index (χ0) is 12.1. The lowest BCUT2D eigenvalue weighted by Gasteiger charge is -2.52. The molecule has 0 unspecified atom stereocenters. The summed E-state index contributed by atoms with van der Waals surface area (Å²) in [5.74, 6) is -0.671. The summed E-state index contributed by atoms with van der Waals surface area (Å²) < 4.78 is 5.40. The summed E-state index contributed by atoms with van der Waals surface area (Å²) in [6, 6.07) is 0. The molecule has 98 valence electrons. The Morgan fingerprint density at radius 1 is 1.18 bits per heavy atom. The Morgan fingerprint density at radius 2 is 1.88 bits per heavy atom. The van der Waals surface area contributed by atoms with Crippen LogP contribution in [0.3, 0.4) is 0 Å². The lowest BCUT2D eigenvalue weighted by molar-refractivity contribution is -0.137. The molecule has 0 aromatic rings. The van der Waals surface area contributed by atoms with E-state index < -0.39 is 5.97 Å². The number of carbonyl (C=O) groups is 1. The van der Waals surface area contributed by atoms with Gasteiger partial charge < -0.3 is 14.7 Å². The van der Waals surface area contributed by atoms with Gasteiger partial charge in [0.05, 0.1) is 0 Å². The van der Waals surface area contributed by atoms with Gasteiger partial charge in [0.2, 0.25) is 0 Å². The van der Waals surface area contributed by atoms with Crippen LogP contribution in [0.2, 0.25) is 0 Å². The highest BCUT2D eigenvalue weighted by Gasteiger charge is 2.43. The minimum absolute atomic E-state index is 0.321. The van der Waals surface area contributed by atoms with Gasteiger partial charge in [0, 0.05) is 38.1 Å². The monoisotopic (exact) mass is 241 g/mol. The van der Waals surface area contributed by atoms with Crippen LogP contribution in [0.4, 0.5) is 0 Å². The third-order valence-corrected chi connectivity index (χ3v) is 4.04. The first-order valence-electron chi connectivity index (χ1n) is 6.72. The zero-order valence-electron chi connectivity index (χ0n) is 10.5. The highest BCUT2D eigenvalue weighted by Crippen LogP contribution is 2.39. The molecule has 4 nitrogen and oxygen atoms in total. The van der Waals surface area contributed by atoms with E-state index in [0.29, 0.717) is 11.8 Å². The van der Waals surface area contributed by atoms with Crippen LogP contribution in [0.15, 0.2) is 0 Å². The molecule has 2 fully saturated rings. The number of likely N-dealkylation sites (tertiary alicyclic amines) is 1. The van der Waals surface area contributed by atoms with Gasteiger partial charge in [-0.1, -0.05) is 6.42 Å². The van der Waals surface area contributed by atoms with Crippen molar-refractivity contribution in [2.45, 2.75) is 38.5 Å². The number of hydrogen-bond acceptors (Lipinski definition) is 3. The van der Waals surface area contributed by atoms with Crippen LogP contribution in [0, 0.1) is 5.41 Å². The van der Waals surface area contributed by atoms with E-state index in [-0.39, 0.29) is 0 Å². The summed E-state index contributed by atoms with van der Waals surface area (Å²) in [6.07, 6.45) is 5.77. The second-order valence-corrected chi connectivity index (χ2v) is 5.53. The predicted molar refractivity (Wildman–Crippen MR) is 65.0 cm³/mol. The maximum absolute atomic E-state index is 10.3. The van der Waals surface area contributed by atoms with Gasteiger partial charge in [-0.3, -0.25) is 4.79 Å². The van der Waals surface area contributed by atoms with Gasteiger partial charge in [0.1, 0.15) is 0 Å². The number of hydrogen-bond donors (Lipinski definition) is 1. The number of aliphatic carboxylic acids is 1. The van der Waals surface area contributed by atoms with Gasteiger partial charge in [0.15, 0.2) is 0 Å². The first kappa shape index (κ1) is 12.8. The van der Waals surface area contributed by atoms with Crippen molar-refractivity contribution in [3.05, 3.63) is 0 Å². The predicted octanol–water partition coefficient (Wildman–Crippen LogP) is 1.74. The normalized spacial score (nSPS) is 23.5. The molecule has 0 saturated carbocycles. The van der Waals surface area contributed by atoms with Crippen LogP contribution in [-0.4, -0.2) is 48.8 Å². The standard InChI is InChI=1S/C13H23NO3/c15-12(16)4-2-1-3-7-14-10-13(11-14)5-8-17-9-6-13/h1-11H2,(H,15,16). The molecule has 2 aliphatic rings. The number of ether oxygens (including phenoxy) is 1. The van der Waals surface area contributed by atoms with Crippen molar-refractivity contribution in [2.75, 3.05) is 32.8 Å². The van der Waals surface area contributed by atoms with Crippen molar-refractivity contribution >= 4 is 5.97 Å². The molecule has 0 aromatic carbocycles. The van der Waals surface area contributed by atoms with E-state index in [0.717, 1.165) is 39.0 Å². The highest BCUT2D eigenvalue weighted by molar-refractivity contribution is 5.66. The second-order valence-electron chi connectivity index (χ2n) is 5.53. The fourth-order valence-electron chi connectivity index (χ4n) is 2.97. The summed E-state index contributed by atoms with van der Waals surface area (Å²) in [5, 5.41) is 8.52. The number of carboxylic acid groups (broad SMARTS) is 1. The van der Waals surface area contributed by atoms with Crippen LogP contribution < -0.4 is 0 Å². The van der Waals surface area contributed by atoms with Crippen molar-refractivity contribution in [1.29, 1.82) is 0 Å². The topological polar surface area (TPSA) is 49.8 Å². The maximum Gasteiger partial charge on any atom is 0.303 e. The summed E-state index contributed by atoms with van der Waals surface area (Å²) in [5.41, 5.74) is 0.569. The van der Waals surface area contributed by atoms with Gasteiger partial charge in [-0.15, -0.1) is 0 Å². The number of nitrogens with zero attached hydrogens (tertiary/aromatic N) is 1. The highest BCUT2D eigenvalue weighted by atomic mass is 16.5. The van der Waals surface area contributed by atoms with Gasteiger partial charge in [-0.25, -0.2) is 0 Å². The van der Waals surface area contributed by atoms with Crippen LogP contribution in [0.1, 0.15) is 38.5 Å². The van der Waals surface area contributed by atoms with E-state index in [1.54, 1.807) is 0 Å². The first-order chi connectivity index (χ1) is 8.20. The van der Waals surface area contributed by atoms with Crippen LogP contribution in [-0.2, 0) is 9.53 Å². The largest absolute Gasteiger partial charge is 0.481 e. The third kappa shape index (κ3) is 3.68.